The second kappa shape index (κ2) is 12.2. The number of nitrogens with one attached hydrogen (secondary N) is 1. The second-order valence-corrected chi connectivity index (χ2v) is 7.87. The first-order valence-corrected chi connectivity index (χ1v) is 11.4. The summed E-state index contributed by atoms with van der Waals surface area (Å²) in [5.41, 5.74) is 4.17. The first-order chi connectivity index (χ1) is 16.5. The molecule has 0 fully saturated rings. The number of benzene rings is 3. The predicted molar refractivity (Wildman–Crippen MR) is 134 cm³/mol. The Hall–Kier alpha value is -4.11. The van der Waals surface area contributed by atoms with Gasteiger partial charge >= 0.3 is 5.97 Å². The molecule has 1 amide bonds. The minimum Gasteiger partial charge on any atom is -0.465 e. The molecule has 0 heterocycles. The van der Waals surface area contributed by atoms with Crippen LogP contribution < -0.4 is 10.2 Å². The van der Waals surface area contributed by atoms with Gasteiger partial charge < -0.3 is 15.0 Å². The van der Waals surface area contributed by atoms with E-state index in [4.69, 9.17) is 10.00 Å². The number of hydrogen-bond donors (Lipinski definition) is 1. The molecule has 0 aromatic heterocycles. The lowest BCUT2D eigenvalue weighted by molar-refractivity contribution is -0.141. The molecule has 0 aliphatic heterocycles. The maximum Gasteiger partial charge on any atom is 0.325 e. The number of nitriles is 1. The highest BCUT2D eigenvalue weighted by Crippen LogP contribution is 2.22. The van der Waals surface area contributed by atoms with E-state index >= 15 is 0 Å². The molecule has 0 radical (unpaired) electrons. The molecule has 1 atom stereocenters. The molecule has 0 spiro atoms. The molecular formula is C28H29N3O3. The number of hydrogen-bond acceptors (Lipinski definition) is 5. The number of amides is 1. The average Bonchev–Trinajstić information content (AvgIpc) is 2.85. The van der Waals surface area contributed by atoms with Gasteiger partial charge in [0.25, 0.3) is 0 Å². The number of esters is 1. The Morgan fingerprint density at radius 1 is 0.971 bits per heavy atom. The molecular weight excluding hydrogens is 426 g/mol. The van der Waals surface area contributed by atoms with Gasteiger partial charge in [0.05, 0.1) is 18.2 Å². The van der Waals surface area contributed by atoms with Crippen molar-refractivity contribution in [2.75, 3.05) is 23.4 Å². The van der Waals surface area contributed by atoms with Gasteiger partial charge in [0.1, 0.15) is 12.6 Å². The Kier molecular flexibility index (Phi) is 8.81. The summed E-state index contributed by atoms with van der Waals surface area (Å²) in [5.74, 6) is -0.629. The highest BCUT2D eigenvalue weighted by Gasteiger charge is 2.27. The summed E-state index contributed by atoms with van der Waals surface area (Å²) >= 11 is 0. The third kappa shape index (κ3) is 6.69. The fourth-order valence-corrected chi connectivity index (χ4v) is 3.82. The van der Waals surface area contributed by atoms with Crippen LogP contribution in [0.1, 0.15) is 37.0 Å². The Morgan fingerprint density at radius 3 is 2.32 bits per heavy atom. The van der Waals surface area contributed by atoms with Crippen LogP contribution in [-0.4, -0.2) is 31.1 Å². The monoisotopic (exact) mass is 455 g/mol. The van der Waals surface area contributed by atoms with Crippen LogP contribution in [0.3, 0.4) is 0 Å². The minimum absolute atomic E-state index is 0.0697. The molecule has 34 heavy (non-hydrogen) atoms. The zero-order chi connectivity index (χ0) is 24.3. The third-order valence-electron chi connectivity index (χ3n) is 5.44. The van der Waals surface area contributed by atoms with E-state index < -0.39 is 12.0 Å². The van der Waals surface area contributed by atoms with Gasteiger partial charge in [-0.3, -0.25) is 9.59 Å². The molecule has 1 N–H and O–H groups in total. The number of nitrogens with zero attached hydrogens (tertiary/aromatic N) is 2. The van der Waals surface area contributed by atoms with E-state index in [9.17, 15) is 9.59 Å². The zero-order valence-corrected chi connectivity index (χ0v) is 19.5. The average molecular weight is 456 g/mol. The van der Waals surface area contributed by atoms with Crippen LogP contribution in [0.4, 0.5) is 11.4 Å². The Morgan fingerprint density at radius 2 is 1.68 bits per heavy atom. The lowest BCUT2D eigenvalue weighted by atomic mass is 10.0. The lowest BCUT2D eigenvalue weighted by Crippen LogP contribution is -2.46. The van der Waals surface area contributed by atoms with Gasteiger partial charge in [0.2, 0.25) is 5.91 Å². The second-order valence-electron chi connectivity index (χ2n) is 7.87. The summed E-state index contributed by atoms with van der Waals surface area (Å²) < 4.78 is 5.14. The van der Waals surface area contributed by atoms with Crippen LogP contribution in [0.2, 0.25) is 0 Å². The van der Waals surface area contributed by atoms with Gasteiger partial charge in [-0.2, -0.15) is 5.26 Å². The van der Waals surface area contributed by atoms with Crippen molar-refractivity contribution in [3.63, 3.8) is 0 Å². The number of carbonyl (C=O) groups is 2. The normalized spacial score (nSPS) is 11.2. The molecule has 6 heteroatoms. The maximum atomic E-state index is 13.3. The molecule has 0 saturated heterocycles. The van der Waals surface area contributed by atoms with Crippen LogP contribution in [-0.2, 0) is 20.7 Å². The van der Waals surface area contributed by atoms with Crippen molar-refractivity contribution in [3.8, 4) is 6.07 Å². The summed E-state index contributed by atoms with van der Waals surface area (Å²) in [6, 6.07) is 26.2. The van der Waals surface area contributed by atoms with Crippen molar-refractivity contribution in [2.24, 2.45) is 0 Å². The molecule has 3 rings (SSSR count). The van der Waals surface area contributed by atoms with E-state index in [-0.39, 0.29) is 19.1 Å². The van der Waals surface area contributed by atoms with E-state index in [1.54, 1.807) is 36.1 Å². The highest BCUT2D eigenvalue weighted by molar-refractivity contribution is 5.97. The van der Waals surface area contributed by atoms with Gasteiger partial charge in [-0.15, -0.1) is 0 Å². The highest BCUT2D eigenvalue weighted by atomic mass is 16.5. The van der Waals surface area contributed by atoms with Crippen molar-refractivity contribution in [1.29, 1.82) is 5.26 Å². The molecule has 174 valence electrons. The van der Waals surface area contributed by atoms with Gasteiger partial charge in [0, 0.05) is 11.4 Å². The predicted octanol–water partition coefficient (Wildman–Crippen LogP) is 4.94. The zero-order valence-electron chi connectivity index (χ0n) is 19.5. The molecule has 6 nitrogen and oxygen atoms in total. The minimum atomic E-state index is -0.602. The first kappa shape index (κ1) is 24.5. The van der Waals surface area contributed by atoms with Gasteiger partial charge in [-0.1, -0.05) is 49.4 Å². The number of ether oxygens (including phenoxy) is 1. The van der Waals surface area contributed by atoms with Crippen LogP contribution >= 0.6 is 0 Å². The molecule has 3 aromatic carbocycles. The summed E-state index contributed by atoms with van der Waals surface area (Å²) in [4.78, 5) is 27.4. The van der Waals surface area contributed by atoms with Crippen LogP contribution in [0.25, 0.3) is 0 Å². The van der Waals surface area contributed by atoms with Crippen LogP contribution in [0, 0.1) is 11.3 Å². The van der Waals surface area contributed by atoms with E-state index in [0.29, 0.717) is 23.4 Å². The van der Waals surface area contributed by atoms with E-state index in [1.165, 1.54) is 5.56 Å². The lowest BCUT2D eigenvalue weighted by Gasteiger charge is -2.31. The number of anilines is 2. The van der Waals surface area contributed by atoms with Crippen molar-refractivity contribution in [3.05, 3.63) is 95.6 Å². The van der Waals surface area contributed by atoms with Gasteiger partial charge in [-0.25, -0.2) is 0 Å². The van der Waals surface area contributed by atoms with Crippen LogP contribution in [0.15, 0.2) is 78.9 Å². The molecule has 0 aliphatic carbocycles. The number of carbonyl (C=O) groups excluding carboxylic acids is 2. The number of rotatable bonds is 10. The summed E-state index contributed by atoms with van der Waals surface area (Å²) in [6.07, 6.45) is 1.25. The van der Waals surface area contributed by atoms with Crippen molar-refractivity contribution in [1.82, 2.24) is 0 Å². The summed E-state index contributed by atoms with van der Waals surface area (Å²) in [7, 11) is 0. The van der Waals surface area contributed by atoms with Gasteiger partial charge in [0.15, 0.2) is 0 Å². The van der Waals surface area contributed by atoms with Crippen molar-refractivity contribution < 1.29 is 14.3 Å². The Balaban J connectivity index is 1.80. The molecule has 0 saturated carbocycles. The molecule has 0 bridgehead atoms. The fourth-order valence-electron chi connectivity index (χ4n) is 3.82. The first-order valence-electron chi connectivity index (χ1n) is 11.4. The van der Waals surface area contributed by atoms with Crippen molar-refractivity contribution in [2.45, 2.75) is 32.7 Å². The van der Waals surface area contributed by atoms with E-state index in [2.05, 4.69) is 23.5 Å². The Bertz CT molecular complexity index is 1140. The largest absolute Gasteiger partial charge is 0.465 e. The quantitative estimate of drug-likeness (QED) is 0.438. The third-order valence-corrected chi connectivity index (χ3v) is 5.44. The summed E-state index contributed by atoms with van der Waals surface area (Å²) in [6.45, 7) is 3.84. The molecule has 0 aliphatic rings. The standard InChI is InChI=1S/C28H29N3O3/c1-3-26(31(20-27(32)34-4-2)25-15-13-22(19-29)14-16-25)28(33)30-24-12-8-11-23(18-24)17-21-9-6-5-7-10-21/h5-16,18,26H,3-4,17,20H2,1-2H3,(H,30,33). The molecule has 3 aromatic rings. The molecule has 1 unspecified atom stereocenters. The SMILES string of the molecule is CCOC(=O)CN(c1ccc(C#N)cc1)C(CC)C(=O)Nc1cccc(Cc2ccccc2)c1. The Labute approximate surface area is 200 Å². The smallest absolute Gasteiger partial charge is 0.325 e. The summed E-state index contributed by atoms with van der Waals surface area (Å²) in [5, 5.41) is 12.1. The van der Waals surface area contributed by atoms with E-state index in [0.717, 1.165) is 12.0 Å². The fraction of sp³-hybridized carbons (Fsp3) is 0.250. The van der Waals surface area contributed by atoms with Crippen molar-refractivity contribution >= 4 is 23.3 Å². The van der Waals surface area contributed by atoms with Crippen LogP contribution in [0.5, 0.6) is 0 Å². The maximum absolute atomic E-state index is 13.3. The van der Waals surface area contributed by atoms with Gasteiger partial charge in [-0.05, 0) is 67.3 Å². The van der Waals surface area contributed by atoms with E-state index in [1.807, 2.05) is 49.4 Å². The topological polar surface area (TPSA) is 82.4 Å².